The highest BCUT2D eigenvalue weighted by atomic mass is 16.2. The molecule has 1 fully saturated rings. The lowest BCUT2D eigenvalue weighted by Crippen LogP contribution is -2.23. The van der Waals surface area contributed by atoms with Crippen LogP contribution in [0.3, 0.4) is 0 Å². The minimum absolute atomic E-state index is 0.267. The summed E-state index contributed by atoms with van der Waals surface area (Å²) in [5.74, 6) is -0.234. The van der Waals surface area contributed by atoms with E-state index in [0.29, 0.717) is 11.5 Å². The molecule has 0 amide bonds. The maximum absolute atomic E-state index is 11.7. The van der Waals surface area contributed by atoms with Gasteiger partial charge < -0.3 is 0 Å². The lowest BCUT2D eigenvalue weighted by Gasteiger charge is -2.15. The van der Waals surface area contributed by atoms with Gasteiger partial charge in [0.25, 0.3) is 0 Å². The zero-order valence-corrected chi connectivity index (χ0v) is 8.38. The van der Waals surface area contributed by atoms with Crippen molar-refractivity contribution < 1.29 is 9.59 Å². The maximum Gasteiger partial charge on any atom is 0.229 e. The fourth-order valence-electron chi connectivity index (χ4n) is 2.23. The van der Waals surface area contributed by atoms with Crippen LogP contribution < -0.4 is 0 Å². The number of rotatable bonds is 1. The van der Waals surface area contributed by atoms with Gasteiger partial charge in [0.05, 0.1) is 0 Å². The van der Waals surface area contributed by atoms with E-state index in [1.807, 2.05) is 6.08 Å². The molecule has 0 radical (unpaired) electrons. The summed E-state index contributed by atoms with van der Waals surface area (Å²) in [5, 5.41) is 0. The van der Waals surface area contributed by atoms with Crippen LogP contribution in [-0.4, -0.2) is 11.6 Å². The summed E-state index contributed by atoms with van der Waals surface area (Å²) in [6, 6.07) is 0. The highest BCUT2D eigenvalue weighted by Gasteiger charge is 2.30. The highest BCUT2D eigenvalue weighted by Crippen LogP contribution is 2.33. The van der Waals surface area contributed by atoms with Crippen LogP contribution in [0, 0.1) is 5.92 Å². The molecule has 1 saturated carbocycles. The Balaban J connectivity index is 2.26. The predicted molar refractivity (Wildman–Crippen MR) is 53.8 cm³/mol. The van der Waals surface area contributed by atoms with E-state index in [9.17, 15) is 9.59 Å². The number of hydrogen-bond acceptors (Lipinski definition) is 2. The second-order valence-electron chi connectivity index (χ2n) is 4.11. The molecule has 74 valence electrons. The molecule has 0 atom stereocenters. The fourth-order valence-corrected chi connectivity index (χ4v) is 2.23. The molecule has 2 heteroatoms. The average molecular weight is 190 g/mol. The first-order chi connectivity index (χ1) is 6.70. The van der Waals surface area contributed by atoms with Crippen molar-refractivity contribution >= 4 is 11.6 Å². The van der Waals surface area contributed by atoms with Gasteiger partial charge in [-0.3, -0.25) is 9.59 Å². The Labute approximate surface area is 83.7 Å². The Bertz CT molecular complexity index is 341. The minimum atomic E-state index is -0.311. The van der Waals surface area contributed by atoms with Gasteiger partial charge in [0.2, 0.25) is 11.6 Å². The van der Waals surface area contributed by atoms with Gasteiger partial charge in [0, 0.05) is 11.1 Å². The lowest BCUT2D eigenvalue weighted by atomic mass is 9.87. The number of carbonyl (C=O) groups is 2. The standard InChI is InChI=1S/C12H14O2/c1-8-6-7-10(12(14)11(8)13)9-4-2-3-5-9/h6-7,9H,2-5H2,1H3. The zero-order chi connectivity index (χ0) is 10.1. The molecule has 0 spiro atoms. The van der Waals surface area contributed by atoms with Crippen LogP contribution in [0.4, 0.5) is 0 Å². The molecule has 0 heterocycles. The minimum Gasteiger partial charge on any atom is -0.285 e. The molecule has 2 aliphatic rings. The van der Waals surface area contributed by atoms with Crippen molar-refractivity contribution in [1.82, 2.24) is 0 Å². The molecular formula is C12H14O2. The van der Waals surface area contributed by atoms with Crippen molar-refractivity contribution in [2.75, 3.05) is 0 Å². The third-order valence-corrected chi connectivity index (χ3v) is 3.13. The number of hydrogen-bond donors (Lipinski definition) is 0. The molecule has 14 heavy (non-hydrogen) atoms. The van der Waals surface area contributed by atoms with Gasteiger partial charge in [0.15, 0.2) is 0 Å². The van der Waals surface area contributed by atoms with E-state index < -0.39 is 0 Å². The molecule has 0 unspecified atom stereocenters. The first kappa shape index (κ1) is 9.38. The van der Waals surface area contributed by atoms with Crippen molar-refractivity contribution in [1.29, 1.82) is 0 Å². The Morgan fingerprint density at radius 1 is 1.07 bits per heavy atom. The van der Waals surface area contributed by atoms with Gasteiger partial charge in [-0.25, -0.2) is 0 Å². The van der Waals surface area contributed by atoms with Gasteiger partial charge in [-0.05, 0) is 25.7 Å². The van der Waals surface area contributed by atoms with E-state index in [2.05, 4.69) is 0 Å². The van der Waals surface area contributed by atoms with Crippen LogP contribution in [0.2, 0.25) is 0 Å². The summed E-state index contributed by atoms with van der Waals surface area (Å²) >= 11 is 0. The summed E-state index contributed by atoms with van der Waals surface area (Å²) in [5.41, 5.74) is 1.31. The average Bonchev–Trinajstić information content (AvgIpc) is 2.67. The van der Waals surface area contributed by atoms with Crippen molar-refractivity contribution in [2.45, 2.75) is 32.6 Å². The van der Waals surface area contributed by atoms with E-state index in [0.717, 1.165) is 18.4 Å². The van der Waals surface area contributed by atoms with Crippen molar-refractivity contribution in [3.63, 3.8) is 0 Å². The molecular weight excluding hydrogens is 176 g/mol. The summed E-state index contributed by atoms with van der Waals surface area (Å²) in [6.07, 6.45) is 8.13. The first-order valence-corrected chi connectivity index (χ1v) is 5.17. The normalized spacial score (nSPS) is 23.8. The van der Waals surface area contributed by atoms with Gasteiger partial charge in [-0.2, -0.15) is 0 Å². The van der Waals surface area contributed by atoms with Crippen LogP contribution in [-0.2, 0) is 9.59 Å². The molecule has 0 aliphatic heterocycles. The quantitative estimate of drug-likeness (QED) is 0.469. The monoisotopic (exact) mass is 190 g/mol. The fraction of sp³-hybridized carbons (Fsp3) is 0.500. The molecule has 0 aromatic rings. The number of allylic oxidation sites excluding steroid dienone is 4. The lowest BCUT2D eigenvalue weighted by molar-refractivity contribution is -0.132. The second kappa shape index (κ2) is 3.52. The van der Waals surface area contributed by atoms with Crippen molar-refractivity contribution in [3.8, 4) is 0 Å². The molecule has 0 aromatic carbocycles. The number of ketones is 2. The van der Waals surface area contributed by atoms with Gasteiger partial charge in [-0.1, -0.05) is 25.0 Å². The summed E-state index contributed by atoms with van der Waals surface area (Å²) < 4.78 is 0. The number of Topliss-reactive ketones (excluding diaryl/α,β-unsaturated/α-hetero) is 2. The summed E-state index contributed by atoms with van der Waals surface area (Å²) in [4.78, 5) is 23.1. The Hall–Kier alpha value is -1.18. The maximum atomic E-state index is 11.7. The molecule has 0 bridgehead atoms. The second-order valence-corrected chi connectivity index (χ2v) is 4.11. The topological polar surface area (TPSA) is 34.1 Å². The molecule has 0 saturated heterocycles. The third-order valence-electron chi connectivity index (χ3n) is 3.13. The Morgan fingerprint density at radius 3 is 2.36 bits per heavy atom. The van der Waals surface area contributed by atoms with E-state index in [4.69, 9.17) is 0 Å². The van der Waals surface area contributed by atoms with Gasteiger partial charge in [0.1, 0.15) is 0 Å². The Morgan fingerprint density at radius 2 is 1.71 bits per heavy atom. The van der Waals surface area contributed by atoms with E-state index in [-0.39, 0.29) is 11.6 Å². The first-order valence-electron chi connectivity index (χ1n) is 5.17. The zero-order valence-electron chi connectivity index (χ0n) is 8.38. The van der Waals surface area contributed by atoms with Gasteiger partial charge >= 0.3 is 0 Å². The molecule has 0 N–H and O–H groups in total. The van der Waals surface area contributed by atoms with Gasteiger partial charge in [-0.15, -0.1) is 0 Å². The van der Waals surface area contributed by atoms with E-state index >= 15 is 0 Å². The highest BCUT2D eigenvalue weighted by molar-refractivity contribution is 6.49. The molecule has 2 aliphatic carbocycles. The predicted octanol–water partition coefficient (Wildman–Crippen LogP) is 2.20. The van der Waals surface area contributed by atoms with Crippen LogP contribution in [0.15, 0.2) is 23.3 Å². The van der Waals surface area contributed by atoms with Crippen molar-refractivity contribution in [3.05, 3.63) is 23.3 Å². The van der Waals surface area contributed by atoms with Crippen LogP contribution in [0.5, 0.6) is 0 Å². The largest absolute Gasteiger partial charge is 0.285 e. The third kappa shape index (κ3) is 1.45. The van der Waals surface area contributed by atoms with Crippen LogP contribution in [0.1, 0.15) is 32.6 Å². The summed E-state index contributed by atoms with van der Waals surface area (Å²) in [7, 11) is 0. The molecule has 2 nitrogen and oxygen atoms in total. The SMILES string of the molecule is CC1=CC=C(C2CCCC2)C(=O)C1=O. The number of carbonyl (C=O) groups excluding carboxylic acids is 2. The van der Waals surface area contributed by atoms with E-state index in [1.54, 1.807) is 13.0 Å². The molecule has 2 rings (SSSR count). The summed E-state index contributed by atoms with van der Waals surface area (Å²) in [6.45, 7) is 1.70. The Kier molecular flexibility index (Phi) is 2.36. The van der Waals surface area contributed by atoms with Crippen LogP contribution in [0.25, 0.3) is 0 Å². The van der Waals surface area contributed by atoms with Crippen LogP contribution >= 0.6 is 0 Å². The smallest absolute Gasteiger partial charge is 0.229 e. The van der Waals surface area contributed by atoms with Crippen molar-refractivity contribution in [2.24, 2.45) is 5.92 Å². The molecule has 0 aromatic heterocycles. The van der Waals surface area contributed by atoms with E-state index in [1.165, 1.54) is 12.8 Å².